The van der Waals surface area contributed by atoms with Gasteiger partial charge in [0.1, 0.15) is 16.9 Å². The third-order valence-electron chi connectivity index (χ3n) is 2.13. The smallest absolute Gasteiger partial charge is 0.341 e. The van der Waals surface area contributed by atoms with Crippen molar-refractivity contribution in [1.82, 2.24) is 0 Å². The van der Waals surface area contributed by atoms with Crippen LogP contribution in [-0.2, 0) is 4.74 Å². The van der Waals surface area contributed by atoms with Gasteiger partial charge in [-0.15, -0.1) is 0 Å². The van der Waals surface area contributed by atoms with Gasteiger partial charge in [-0.1, -0.05) is 6.04 Å². The van der Waals surface area contributed by atoms with E-state index in [4.69, 9.17) is 9.47 Å². The molecular weight excluding hydrogens is 371 g/mol. The molecule has 1 aromatic rings. The Kier molecular flexibility index (Phi) is 6.32. The molecule has 0 saturated heterocycles. The third-order valence-corrected chi connectivity index (χ3v) is 3.16. The van der Waals surface area contributed by atoms with E-state index in [2.05, 4.69) is 32.8 Å². The minimum atomic E-state index is -0.352. The molecule has 0 heterocycles. The Bertz CT molecular complexity index is 441. The van der Waals surface area contributed by atoms with E-state index in [1.165, 1.54) is 0 Å². The molecule has 0 atom stereocenters. The monoisotopic (exact) mass is 389 g/mol. The van der Waals surface area contributed by atoms with Crippen LogP contribution in [0.15, 0.2) is 18.2 Å². The van der Waals surface area contributed by atoms with Gasteiger partial charge in [0.2, 0.25) is 0 Å². The molecule has 0 unspecified atom stereocenters. The summed E-state index contributed by atoms with van der Waals surface area (Å²) in [4.78, 5) is 12.0. The second-order valence-corrected chi connectivity index (χ2v) is 6.84. The molecule has 3 nitrogen and oxygen atoms in total. The summed E-state index contributed by atoms with van der Waals surface area (Å²) in [6, 6.07) is 6.29. The zero-order valence-corrected chi connectivity index (χ0v) is 14.6. The average Bonchev–Trinajstić information content (AvgIpc) is 2.27. The van der Waals surface area contributed by atoms with E-state index < -0.39 is 0 Å². The predicted octanol–water partition coefficient (Wildman–Crippen LogP) is 3.60. The fourth-order valence-electron chi connectivity index (χ4n) is 1.39. The zero-order chi connectivity index (χ0) is 14.5. The van der Waals surface area contributed by atoms with E-state index in [0.29, 0.717) is 17.9 Å². The van der Waals surface area contributed by atoms with Crippen LogP contribution in [0.2, 0.25) is 6.04 Å². The molecule has 0 saturated carbocycles. The minimum Gasteiger partial charge on any atom is -0.487 e. The van der Waals surface area contributed by atoms with Crippen molar-refractivity contribution in [3.63, 3.8) is 0 Å². The summed E-state index contributed by atoms with van der Waals surface area (Å²) in [6.45, 7) is 6.26. The van der Waals surface area contributed by atoms with Crippen LogP contribution in [0.3, 0.4) is 0 Å². The number of benzene rings is 1. The van der Waals surface area contributed by atoms with E-state index in [-0.39, 0.29) is 11.6 Å². The summed E-state index contributed by atoms with van der Waals surface area (Å²) in [6.07, 6.45) is 0.794. The van der Waals surface area contributed by atoms with Gasteiger partial charge in [-0.3, -0.25) is 0 Å². The number of halogens is 1. The molecule has 0 spiro atoms. The van der Waals surface area contributed by atoms with Crippen molar-refractivity contribution in [3.8, 4) is 5.75 Å². The number of esters is 1. The Morgan fingerprint density at radius 3 is 2.63 bits per heavy atom. The molecule has 19 heavy (non-hydrogen) atoms. The molecular formula is C14H18IO3Si. The van der Waals surface area contributed by atoms with Gasteiger partial charge in [-0.25, -0.2) is 4.79 Å². The van der Waals surface area contributed by atoms with Gasteiger partial charge in [-0.2, -0.15) is 0 Å². The van der Waals surface area contributed by atoms with Gasteiger partial charge in [0.15, 0.2) is 0 Å². The van der Waals surface area contributed by atoms with Crippen LogP contribution in [0.4, 0.5) is 0 Å². The Labute approximate surface area is 131 Å². The van der Waals surface area contributed by atoms with Crippen molar-refractivity contribution in [1.29, 1.82) is 0 Å². The number of ether oxygens (including phenoxy) is 2. The average molecular weight is 389 g/mol. The highest BCUT2D eigenvalue weighted by Crippen LogP contribution is 2.26. The number of hydrogen-bond donors (Lipinski definition) is 0. The molecule has 0 aliphatic heterocycles. The standard InChI is InChI=1S/C14H18IO3Si/c1-14(2,3)18-12-9-10(15)5-6-11(12)13(16)17-7-4-8-19/h5-6,9H,4,7-8H2,1-3H3. The van der Waals surface area contributed by atoms with E-state index in [9.17, 15) is 4.79 Å². The summed E-state index contributed by atoms with van der Waals surface area (Å²) in [7, 11) is 3.35. The highest BCUT2D eigenvalue weighted by molar-refractivity contribution is 14.1. The first-order valence-electron chi connectivity index (χ1n) is 6.14. The number of rotatable bonds is 5. The van der Waals surface area contributed by atoms with Crippen molar-refractivity contribution in [2.24, 2.45) is 0 Å². The summed E-state index contributed by atoms with van der Waals surface area (Å²) >= 11 is 2.19. The molecule has 0 amide bonds. The number of carbonyl (C=O) groups is 1. The Hall–Kier alpha value is -0.563. The Morgan fingerprint density at radius 2 is 2.05 bits per heavy atom. The molecule has 0 fully saturated rings. The fourth-order valence-corrected chi connectivity index (χ4v) is 2.00. The second kappa shape index (κ2) is 7.28. The van der Waals surface area contributed by atoms with Gasteiger partial charge >= 0.3 is 5.97 Å². The molecule has 0 aliphatic rings. The Morgan fingerprint density at radius 1 is 1.37 bits per heavy atom. The molecule has 103 valence electrons. The molecule has 3 radical (unpaired) electrons. The topological polar surface area (TPSA) is 35.5 Å². The Balaban J connectivity index is 2.90. The maximum absolute atomic E-state index is 12.0. The van der Waals surface area contributed by atoms with E-state index in [1.54, 1.807) is 6.07 Å². The summed E-state index contributed by atoms with van der Waals surface area (Å²) in [5.74, 6) is 0.235. The minimum absolute atomic E-state index is 0.337. The van der Waals surface area contributed by atoms with Crippen LogP contribution >= 0.6 is 22.6 Å². The second-order valence-electron chi connectivity index (χ2n) is 5.09. The maximum Gasteiger partial charge on any atom is 0.341 e. The molecule has 0 aromatic heterocycles. The lowest BCUT2D eigenvalue weighted by molar-refractivity contribution is 0.0492. The predicted molar refractivity (Wildman–Crippen MR) is 85.0 cm³/mol. The summed E-state index contributed by atoms with van der Waals surface area (Å²) in [5, 5.41) is 0. The van der Waals surface area contributed by atoms with Crippen LogP contribution < -0.4 is 4.74 Å². The number of hydrogen-bond acceptors (Lipinski definition) is 3. The van der Waals surface area contributed by atoms with E-state index >= 15 is 0 Å². The van der Waals surface area contributed by atoms with Crippen molar-refractivity contribution in [2.45, 2.75) is 38.8 Å². The van der Waals surface area contributed by atoms with Gasteiger partial charge in [0, 0.05) is 13.8 Å². The quantitative estimate of drug-likeness (QED) is 0.334. The molecule has 0 aliphatic carbocycles. The first-order chi connectivity index (χ1) is 8.83. The largest absolute Gasteiger partial charge is 0.487 e. The molecule has 5 heteroatoms. The van der Waals surface area contributed by atoms with Crippen molar-refractivity contribution in [2.75, 3.05) is 6.61 Å². The van der Waals surface area contributed by atoms with Crippen LogP contribution in [0.1, 0.15) is 37.6 Å². The van der Waals surface area contributed by atoms with Crippen LogP contribution in [0.5, 0.6) is 5.75 Å². The lowest BCUT2D eigenvalue weighted by Gasteiger charge is -2.23. The summed E-state index contributed by atoms with van der Waals surface area (Å²) < 4.78 is 12.1. The maximum atomic E-state index is 12.0. The van der Waals surface area contributed by atoms with Crippen LogP contribution in [0.25, 0.3) is 0 Å². The molecule has 1 aromatic carbocycles. The SMILES string of the molecule is CC(C)(C)Oc1cc(I)ccc1C(=O)OCCC[Si]. The third kappa shape index (κ3) is 5.95. The highest BCUT2D eigenvalue weighted by atomic mass is 127. The first kappa shape index (κ1) is 16.5. The summed E-state index contributed by atoms with van der Waals surface area (Å²) in [5.41, 5.74) is 0.124. The zero-order valence-electron chi connectivity index (χ0n) is 11.5. The van der Waals surface area contributed by atoms with Gasteiger partial charge in [-0.05, 0) is 68.0 Å². The van der Waals surface area contributed by atoms with Gasteiger partial charge in [0.25, 0.3) is 0 Å². The molecule has 1 rings (SSSR count). The van der Waals surface area contributed by atoms with Crippen molar-refractivity contribution in [3.05, 3.63) is 27.3 Å². The number of carbonyl (C=O) groups excluding carboxylic acids is 1. The van der Waals surface area contributed by atoms with E-state index in [0.717, 1.165) is 16.0 Å². The van der Waals surface area contributed by atoms with Gasteiger partial charge in [0.05, 0.1) is 6.61 Å². The van der Waals surface area contributed by atoms with E-state index in [1.807, 2.05) is 32.9 Å². The lowest BCUT2D eigenvalue weighted by atomic mass is 10.1. The van der Waals surface area contributed by atoms with Crippen LogP contribution in [0, 0.1) is 3.57 Å². The van der Waals surface area contributed by atoms with Crippen LogP contribution in [-0.4, -0.2) is 28.4 Å². The first-order valence-corrected chi connectivity index (χ1v) is 7.92. The normalized spacial score (nSPS) is 11.2. The van der Waals surface area contributed by atoms with Gasteiger partial charge < -0.3 is 9.47 Å². The molecule has 0 N–H and O–H groups in total. The van der Waals surface area contributed by atoms with Crippen molar-refractivity contribution < 1.29 is 14.3 Å². The molecule has 0 bridgehead atoms. The lowest BCUT2D eigenvalue weighted by Crippen LogP contribution is -2.24. The fraction of sp³-hybridized carbons (Fsp3) is 0.500. The highest BCUT2D eigenvalue weighted by Gasteiger charge is 2.19. The van der Waals surface area contributed by atoms with Crippen molar-refractivity contribution >= 4 is 38.8 Å².